The topological polar surface area (TPSA) is 46.3 Å². The molecule has 3 nitrogen and oxygen atoms in total. The predicted octanol–water partition coefficient (Wildman–Crippen LogP) is 2.84. The van der Waals surface area contributed by atoms with Crippen molar-refractivity contribution in [3.63, 3.8) is 0 Å². The van der Waals surface area contributed by atoms with Gasteiger partial charge in [0.05, 0.1) is 0 Å². The highest BCUT2D eigenvalue weighted by Gasteiger charge is 2.33. The number of carbonyl (C=O) groups excluding carboxylic acids is 1. The quantitative estimate of drug-likeness (QED) is 0.928. The van der Waals surface area contributed by atoms with Gasteiger partial charge in [0, 0.05) is 18.7 Å². The van der Waals surface area contributed by atoms with Crippen molar-refractivity contribution in [2.24, 2.45) is 17.6 Å². The minimum atomic E-state index is 0.207. The Morgan fingerprint density at radius 3 is 2.52 bits per heavy atom. The Labute approximate surface area is 127 Å². The lowest BCUT2D eigenvalue weighted by Gasteiger charge is -2.41. The molecule has 3 rings (SSSR count). The molecule has 1 aromatic rings. The van der Waals surface area contributed by atoms with E-state index >= 15 is 0 Å². The average molecular weight is 286 g/mol. The zero-order chi connectivity index (χ0) is 14.7. The minimum absolute atomic E-state index is 0.207. The third kappa shape index (κ3) is 3.29. The van der Waals surface area contributed by atoms with E-state index in [4.69, 9.17) is 5.73 Å². The molecule has 0 spiro atoms. The summed E-state index contributed by atoms with van der Waals surface area (Å²) in [7, 11) is 0. The van der Waals surface area contributed by atoms with E-state index in [1.165, 1.54) is 37.7 Å². The standard InChI is InChI=1S/C18H26N2O/c19-11-9-14-5-7-16(8-6-14)18(21)20-12-10-15-3-1-2-4-17(15)13-20/h5-8,15,17H,1-4,9-13,19H2. The zero-order valence-corrected chi connectivity index (χ0v) is 12.8. The first-order chi connectivity index (χ1) is 10.3. The fraction of sp³-hybridized carbons (Fsp3) is 0.611. The number of carbonyl (C=O) groups is 1. The summed E-state index contributed by atoms with van der Waals surface area (Å²) in [5, 5.41) is 0. The summed E-state index contributed by atoms with van der Waals surface area (Å²) in [6, 6.07) is 7.99. The van der Waals surface area contributed by atoms with Gasteiger partial charge in [-0.3, -0.25) is 4.79 Å². The Bertz CT molecular complexity index is 482. The summed E-state index contributed by atoms with van der Waals surface area (Å²) >= 11 is 0. The van der Waals surface area contributed by atoms with Gasteiger partial charge in [0.2, 0.25) is 0 Å². The van der Waals surface area contributed by atoms with E-state index in [0.717, 1.165) is 36.9 Å². The maximum absolute atomic E-state index is 12.6. The van der Waals surface area contributed by atoms with Crippen molar-refractivity contribution in [1.82, 2.24) is 4.90 Å². The lowest BCUT2D eigenvalue weighted by atomic mass is 9.75. The Morgan fingerprint density at radius 2 is 1.81 bits per heavy atom. The number of nitrogens with two attached hydrogens (primary N) is 1. The molecular weight excluding hydrogens is 260 g/mol. The molecule has 114 valence electrons. The first kappa shape index (κ1) is 14.6. The molecule has 2 fully saturated rings. The fourth-order valence-corrected chi connectivity index (χ4v) is 3.95. The van der Waals surface area contributed by atoms with Gasteiger partial charge < -0.3 is 10.6 Å². The van der Waals surface area contributed by atoms with Crippen molar-refractivity contribution in [2.45, 2.75) is 38.5 Å². The molecule has 2 unspecified atom stereocenters. The Kier molecular flexibility index (Phi) is 4.59. The number of fused-ring (bicyclic) bond motifs is 1. The second-order valence-corrected chi connectivity index (χ2v) is 6.58. The predicted molar refractivity (Wildman–Crippen MR) is 85.2 cm³/mol. The number of hydrogen-bond acceptors (Lipinski definition) is 2. The molecule has 1 heterocycles. The van der Waals surface area contributed by atoms with Gasteiger partial charge in [0.25, 0.3) is 5.91 Å². The van der Waals surface area contributed by atoms with Gasteiger partial charge in [0.1, 0.15) is 0 Å². The molecule has 0 bridgehead atoms. The van der Waals surface area contributed by atoms with Gasteiger partial charge in [-0.2, -0.15) is 0 Å². The van der Waals surface area contributed by atoms with Crippen LogP contribution in [-0.2, 0) is 6.42 Å². The number of likely N-dealkylation sites (tertiary alicyclic amines) is 1. The highest BCUT2D eigenvalue weighted by molar-refractivity contribution is 5.94. The number of piperidine rings is 1. The van der Waals surface area contributed by atoms with E-state index in [-0.39, 0.29) is 5.91 Å². The van der Waals surface area contributed by atoms with Crippen molar-refractivity contribution in [2.75, 3.05) is 19.6 Å². The molecular formula is C18H26N2O. The first-order valence-electron chi connectivity index (χ1n) is 8.36. The van der Waals surface area contributed by atoms with E-state index in [1.54, 1.807) is 0 Å². The number of nitrogens with zero attached hydrogens (tertiary/aromatic N) is 1. The second kappa shape index (κ2) is 6.61. The van der Waals surface area contributed by atoms with Crippen molar-refractivity contribution in [3.05, 3.63) is 35.4 Å². The lowest BCUT2D eigenvalue weighted by Crippen LogP contribution is -2.44. The van der Waals surface area contributed by atoms with Crippen LogP contribution in [0.4, 0.5) is 0 Å². The summed E-state index contributed by atoms with van der Waals surface area (Å²) in [4.78, 5) is 14.7. The summed E-state index contributed by atoms with van der Waals surface area (Å²) in [6.45, 7) is 2.56. The monoisotopic (exact) mass is 286 g/mol. The Morgan fingerprint density at radius 1 is 1.10 bits per heavy atom. The number of rotatable bonds is 3. The molecule has 2 N–H and O–H groups in total. The molecule has 3 heteroatoms. The highest BCUT2D eigenvalue weighted by atomic mass is 16.2. The van der Waals surface area contributed by atoms with Crippen LogP contribution in [0.2, 0.25) is 0 Å². The van der Waals surface area contributed by atoms with Crippen LogP contribution in [0.25, 0.3) is 0 Å². The molecule has 0 aromatic heterocycles. The number of hydrogen-bond donors (Lipinski definition) is 1. The minimum Gasteiger partial charge on any atom is -0.338 e. The maximum atomic E-state index is 12.6. The van der Waals surface area contributed by atoms with Gasteiger partial charge in [-0.25, -0.2) is 0 Å². The van der Waals surface area contributed by atoms with Gasteiger partial charge in [0.15, 0.2) is 0 Å². The molecule has 0 radical (unpaired) electrons. The highest BCUT2D eigenvalue weighted by Crippen LogP contribution is 2.36. The van der Waals surface area contributed by atoms with Crippen LogP contribution in [0.3, 0.4) is 0 Å². The summed E-state index contributed by atoms with van der Waals surface area (Å²) in [6.07, 6.45) is 7.49. The molecule has 21 heavy (non-hydrogen) atoms. The maximum Gasteiger partial charge on any atom is 0.253 e. The van der Waals surface area contributed by atoms with E-state index in [0.29, 0.717) is 6.54 Å². The molecule has 2 atom stereocenters. The van der Waals surface area contributed by atoms with Crippen LogP contribution in [0, 0.1) is 11.8 Å². The summed E-state index contributed by atoms with van der Waals surface area (Å²) in [5.41, 5.74) is 7.59. The average Bonchev–Trinajstić information content (AvgIpc) is 2.55. The molecule has 1 saturated heterocycles. The normalized spacial score (nSPS) is 25.5. The van der Waals surface area contributed by atoms with Crippen LogP contribution in [0.1, 0.15) is 48.0 Å². The molecule has 1 aliphatic heterocycles. The second-order valence-electron chi connectivity index (χ2n) is 6.58. The van der Waals surface area contributed by atoms with Crippen LogP contribution >= 0.6 is 0 Å². The third-order valence-electron chi connectivity index (χ3n) is 5.21. The lowest BCUT2D eigenvalue weighted by molar-refractivity contribution is 0.0521. The van der Waals surface area contributed by atoms with Crippen LogP contribution in [0.5, 0.6) is 0 Å². The smallest absolute Gasteiger partial charge is 0.253 e. The van der Waals surface area contributed by atoms with Crippen molar-refractivity contribution >= 4 is 5.91 Å². The van der Waals surface area contributed by atoms with Gasteiger partial charge in [-0.1, -0.05) is 31.4 Å². The fourth-order valence-electron chi connectivity index (χ4n) is 3.95. The number of benzene rings is 1. The molecule has 1 saturated carbocycles. The Balaban J connectivity index is 1.64. The molecule has 2 aliphatic rings. The molecule has 1 aliphatic carbocycles. The van der Waals surface area contributed by atoms with Gasteiger partial charge in [-0.15, -0.1) is 0 Å². The van der Waals surface area contributed by atoms with Crippen LogP contribution in [0.15, 0.2) is 24.3 Å². The van der Waals surface area contributed by atoms with Crippen molar-refractivity contribution in [1.29, 1.82) is 0 Å². The van der Waals surface area contributed by atoms with Crippen molar-refractivity contribution < 1.29 is 4.79 Å². The van der Waals surface area contributed by atoms with E-state index in [2.05, 4.69) is 4.90 Å². The SMILES string of the molecule is NCCc1ccc(C(=O)N2CCC3CCCCC3C2)cc1. The van der Waals surface area contributed by atoms with E-state index in [1.807, 2.05) is 24.3 Å². The van der Waals surface area contributed by atoms with E-state index in [9.17, 15) is 4.79 Å². The molecule has 1 aromatic carbocycles. The van der Waals surface area contributed by atoms with Gasteiger partial charge >= 0.3 is 0 Å². The van der Waals surface area contributed by atoms with Gasteiger partial charge in [-0.05, 0) is 55.3 Å². The zero-order valence-electron chi connectivity index (χ0n) is 12.8. The third-order valence-corrected chi connectivity index (χ3v) is 5.21. The number of amides is 1. The summed E-state index contributed by atoms with van der Waals surface area (Å²) < 4.78 is 0. The Hall–Kier alpha value is -1.35. The van der Waals surface area contributed by atoms with Crippen molar-refractivity contribution in [3.8, 4) is 0 Å². The first-order valence-corrected chi connectivity index (χ1v) is 8.36. The summed E-state index contributed by atoms with van der Waals surface area (Å²) in [5.74, 6) is 1.82. The molecule has 1 amide bonds. The largest absolute Gasteiger partial charge is 0.338 e. The van der Waals surface area contributed by atoms with Crippen LogP contribution in [-0.4, -0.2) is 30.4 Å². The van der Waals surface area contributed by atoms with Crippen LogP contribution < -0.4 is 5.73 Å². The van der Waals surface area contributed by atoms with E-state index < -0.39 is 0 Å².